The van der Waals surface area contributed by atoms with Gasteiger partial charge < -0.3 is 24.6 Å². The van der Waals surface area contributed by atoms with E-state index in [0.29, 0.717) is 55.4 Å². The minimum absolute atomic E-state index is 0.0345. The van der Waals surface area contributed by atoms with Gasteiger partial charge in [0, 0.05) is 62.1 Å². The summed E-state index contributed by atoms with van der Waals surface area (Å²) in [5.74, 6) is 4.45. The second-order valence-electron chi connectivity index (χ2n) is 12.2. The van der Waals surface area contributed by atoms with Gasteiger partial charge in [-0.1, -0.05) is 0 Å². The minimum Gasteiger partial charge on any atom is -0.420 e. The van der Waals surface area contributed by atoms with E-state index in [1.54, 1.807) is 12.1 Å². The molecule has 40 heavy (non-hydrogen) atoms. The number of hydrogen-bond donors (Lipinski definition) is 1. The third-order valence-electron chi connectivity index (χ3n) is 9.49. The van der Waals surface area contributed by atoms with E-state index in [1.165, 1.54) is 50.7 Å². The Morgan fingerprint density at radius 1 is 0.825 bits per heavy atom. The van der Waals surface area contributed by atoms with E-state index in [2.05, 4.69) is 24.8 Å². The lowest BCUT2D eigenvalue weighted by Gasteiger charge is -2.61. The molecule has 1 N–H and O–H groups in total. The highest BCUT2D eigenvalue weighted by Gasteiger charge is 2.53. The molecule has 6 fully saturated rings. The Labute approximate surface area is 238 Å². The van der Waals surface area contributed by atoms with Crippen molar-refractivity contribution in [2.24, 2.45) is 17.8 Å². The average molecular weight is 576 g/mol. The number of nitrogens with one attached hydrogen (secondary N) is 1. The van der Waals surface area contributed by atoms with Crippen LogP contribution in [-0.4, -0.2) is 83.4 Å². The molecule has 3 heterocycles. The van der Waals surface area contributed by atoms with Gasteiger partial charge in [0.2, 0.25) is 17.8 Å². The fourth-order valence-electron chi connectivity index (χ4n) is 8.16. The number of piperazine rings is 1. The quantitative estimate of drug-likeness (QED) is 0.472. The van der Waals surface area contributed by atoms with Crippen molar-refractivity contribution < 1.29 is 18.3 Å². The summed E-state index contributed by atoms with van der Waals surface area (Å²) < 4.78 is 35.9. The Balaban J connectivity index is 1.08. The maximum Gasteiger partial charge on any atom is 0.487 e. The van der Waals surface area contributed by atoms with Crippen LogP contribution >= 0.6 is 11.6 Å². The molecule has 6 aliphatic rings. The van der Waals surface area contributed by atoms with Gasteiger partial charge in [-0.05, 0) is 80.5 Å². The van der Waals surface area contributed by atoms with Gasteiger partial charge in [0.05, 0.1) is 13.2 Å². The standard InChI is InChI=1S/C28H36ClF2N7O2/c29-28(30,31)40-23-3-1-22(2-4-23)32-24-33-25(35-26(34-24)37-9-11-39-12-10-37)36-5-7-38(8-6-36)27-16-19-13-20(17-27)15-21(14-19)18-27/h1-4,19-21H,5-18H2,(H,32,33,34,35). The summed E-state index contributed by atoms with van der Waals surface area (Å²) in [5.41, 5.74) is -2.71. The third kappa shape index (κ3) is 5.52. The molecular weight excluding hydrogens is 540 g/mol. The zero-order valence-corrected chi connectivity index (χ0v) is 23.3. The zero-order chi connectivity index (χ0) is 27.3. The second kappa shape index (κ2) is 10.4. The number of aromatic nitrogens is 3. The molecule has 0 unspecified atom stereocenters. The third-order valence-corrected chi connectivity index (χ3v) is 9.57. The highest BCUT2D eigenvalue weighted by molar-refractivity contribution is 6.20. The number of benzene rings is 1. The second-order valence-corrected chi connectivity index (χ2v) is 12.6. The Kier molecular flexibility index (Phi) is 6.87. The van der Waals surface area contributed by atoms with Gasteiger partial charge in [-0.3, -0.25) is 4.90 Å². The fourth-order valence-corrected chi connectivity index (χ4v) is 8.25. The van der Waals surface area contributed by atoms with Gasteiger partial charge >= 0.3 is 5.57 Å². The van der Waals surface area contributed by atoms with Crippen LogP contribution in [0.2, 0.25) is 0 Å². The Bertz CT molecular complexity index is 1160. The molecule has 12 heteroatoms. The molecule has 0 spiro atoms. The lowest BCUT2D eigenvalue weighted by atomic mass is 9.52. The topological polar surface area (TPSA) is 78.9 Å². The first-order valence-electron chi connectivity index (χ1n) is 14.5. The van der Waals surface area contributed by atoms with Gasteiger partial charge in [-0.15, -0.1) is 8.78 Å². The van der Waals surface area contributed by atoms with Crippen molar-refractivity contribution in [3.8, 4) is 5.75 Å². The summed E-state index contributed by atoms with van der Waals surface area (Å²) in [5, 5.41) is 3.22. The molecule has 2 aliphatic heterocycles. The molecule has 0 atom stereocenters. The molecule has 4 saturated carbocycles. The molecule has 0 radical (unpaired) electrons. The van der Waals surface area contributed by atoms with E-state index < -0.39 is 5.57 Å². The van der Waals surface area contributed by atoms with Crippen LogP contribution in [0.1, 0.15) is 38.5 Å². The number of halogens is 3. The summed E-state index contributed by atoms with van der Waals surface area (Å²) in [6.07, 6.45) is 8.52. The molecule has 4 bridgehead atoms. The number of alkyl halides is 3. The number of hydrogen-bond acceptors (Lipinski definition) is 9. The molecule has 8 rings (SSSR count). The number of rotatable bonds is 7. The maximum atomic E-state index is 13.0. The molecule has 1 aromatic heterocycles. The summed E-state index contributed by atoms with van der Waals surface area (Å²) in [6.45, 7) is 6.49. The van der Waals surface area contributed by atoms with E-state index in [9.17, 15) is 8.78 Å². The summed E-state index contributed by atoms with van der Waals surface area (Å²) in [7, 11) is 0. The lowest BCUT2D eigenvalue weighted by molar-refractivity contribution is -0.0964. The highest BCUT2D eigenvalue weighted by Crippen LogP contribution is 2.57. The van der Waals surface area contributed by atoms with Gasteiger partial charge in [-0.25, -0.2) is 0 Å². The van der Waals surface area contributed by atoms with Crippen LogP contribution in [0, 0.1) is 17.8 Å². The lowest BCUT2D eigenvalue weighted by Crippen LogP contribution is -2.64. The van der Waals surface area contributed by atoms with Crippen LogP contribution in [0.3, 0.4) is 0 Å². The van der Waals surface area contributed by atoms with E-state index in [4.69, 9.17) is 31.3 Å². The number of morpholine rings is 1. The first-order valence-corrected chi connectivity index (χ1v) is 14.9. The van der Waals surface area contributed by atoms with Gasteiger partial charge in [0.15, 0.2) is 0 Å². The SMILES string of the molecule is FC(F)(Cl)Oc1ccc(Nc2nc(N3CCOCC3)nc(N3CCN(C45CC6CC(CC(C6)C4)C5)CC3)n2)cc1. The van der Waals surface area contributed by atoms with Crippen molar-refractivity contribution >= 4 is 35.1 Å². The van der Waals surface area contributed by atoms with Crippen molar-refractivity contribution in [2.45, 2.75) is 49.6 Å². The van der Waals surface area contributed by atoms with Gasteiger partial charge in [-0.2, -0.15) is 15.0 Å². The van der Waals surface area contributed by atoms with Crippen LogP contribution in [0.15, 0.2) is 24.3 Å². The predicted molar refractivity (Wildman–Crippen MR) is 149 cm³/mol. The first-order chi connectivity index (χ1) is 19.3. The van der Waals surface area contributed by atoms with E-state index in [0.717, 1.165) is 43.9 Å². The highest BCUT2D eigenvalue weighted by atomic mass is 35.5. The van der Waals surface area contributed by atoms with Crippen molar-refractivity contribution in [1.82, 2.24) is 19.9 Å². The molecule has 9 nitrogen and oxygen atoms in total. The van der Waals surface area contributed by atoms with Crippen molar-refractivity contribution in [3.05, 3.63) is 24.3 Å². The monoisotopic (exact) mass is 575 g/mol. The molecule has 4 aliphatic carbocycles. The molecule has 2 saturated heterocycles. The van der Waals surface area contributed by atoms with Crippen molar-refractivity contribution in [3.63, 3.8) is 0 Å². The van der Waals surface area contributed by atoms with Crippen molar-refractivity contribution in [1.29, 1.82) is 0 Å². The summed E-state index contributed by atoms with van der Waals surface area (Å²) in [6, 6.07) is 6.10. The first kappa shape index (κ1) is 26.4. The summed E-state index contributed by atoms with van der Waals surface area (Å²) >= 11 is 4.89. The molecule has 1 aromatic carbocycles. The summed E-state index contributed by atoms with van der Waals surface area (Å²) in [4.78, 5) is 21.6. The zero-order valence-electron chi connectivity index (χ0n) is 22.6. The smallest absolute Gasteiger partial charge is 0.420 e. The molecule has 2 aromatic rings. The Hall–Kier alpha value is -2.50. The van der Waals surface area contributed by atoms with Crippen LogP contribution in [0.25, 0.3) is 0 Å². The van der Waals surface area contributed by atoms with Crippen LogP contribution in [-0.2, 0) is 4.74 Å². The van der Waals surface area contributed by atoms with Crippen LogP contribution < -0.4 is 19.9 Å². The van der Waals surface area contributed by atoms with Gasteiger partial charge in [0.25, 0.3) is 0 Å². The molecule has 216 valence electrons. The van der Waals surface area contributed by atoms with Crippen molar-refractivity contribution in [2.75, 3.05) is 67.6 Å². The minimum atomic E-state index is -3.76. The molecule has 0 amide bonds. The number of nitrogens with zero attached hydrogens (tertiary/aromatic N) is 6. The Morgan fingerprint density at radius 2 is 1.38 bits per heavy atom. The Morgan fingerprint density at radius 3 is 1.93 bits per heavy atom. The largest absolute Gasteiger partial charge is 0.487 e. The number of anilines is 4. The average Bonchev–Trinajstić information content (AvgIpc) is 2.93. The predicted octanol–water partition coefficient (Wildman–Crippen LogP) is 4.71. The van der Waals surface area contributed by atoms with Crippen LogP contribution in [0.5, 0.6) is 5.75 Å². The number of ether oxygens (including phenoxy) is 2. The molecular formula is C28H36ClF2N7O2. The fraction of sp³-hybridized carbons (Fsp3) is 0.679. The maximum absolute atomic E-state index is 13.0. The van der Waals surface area contributed by atoms with Gasteiger partial charge in [0.1, 0.15) is 5.75 Å². The van der Waals surface area contributed by atoms with E-state index >= 15 is 0 Å². The van der Waals surface area contributed by atoms with Crippen LogP contribution in [0.4, 0.5) is 32.3 Å². The normalized spacial score (nSPS) is 30.5. The van der Waals surface area contributed by atoms with E-state index in [-0.39, 0.29) is 5.75 Å². The van der Waals surface area contributed by atoms with E-state index in [1.807, 2.05) is 0 Å².